The maximum absolute atomic E-state index is 11.3. The summed E-state index contributed by atoms with van der Waals surface area (Å²) in [6.45, 7) is 1.58. The average molecular weight is 542 g/mol. The second kappa shape index (κ2) is 12.8. The minimum atomic E-state index is -0.263. The molecule has 1 amide bonds. The number of carbonyl (C=O) groups is 1. The predicted molar refractivity (Wildman–Crippen MR) is 123 cm³/mol. The number of hydrogen-bond donors (Lipinski definition) is 0. The van der Waals surface area contributed by atoms with Crippen LogP contribution in [0, 0.1) is 0 Å². The molecule has 8 nitrogen and oxygen atoms in total. The first kappa shape index (κ1) is 25.3. The van der Waals surface area contributed by atoms with E-state index in [9.17, 15) is 4.79 Å². The molecule has 2 heterocycles. The van der Waals surface area contributed by atoms with Crippen molar-refractivity contribution in [3.63, 3.8) is 0 Å². The topological polar surface area (TPSA) is 84.9 Å². The molecule has 0 aliphatic carbocycles. The summed E-state index contributed by atoms with van der Waals surface area (Å²) in [5.41, 5.74) is 3.84. The van der Waals surface area contributed by atoms with Crippen LogP contribution in [0.4, 0.5) is 11.5 Å². The first-order valence-electron chi connectivity index (χ1n) is 9.41. The summed E-state index contributed by atoms with van der Waals surface area (Å²) in [5, 5.41) is 3.95. The fraction of sp³-hybridized carbons (Fsp3) is 0.350. The molecule has 2 aromatic heterocycles. The van der Waals surface area contributed by atoms with Gasteiger partial charge in [-0.25, -0.2) is 9.97 Å². The Balaban J connectivity index is 0.00000166. The second-order valence-corrected chi connectivity index (χ2v) is 7.39. The number of amides is 1. The van der Waals surface area contributed by atoms with E-state index in [-0.39, 0.29) is 11.7 Å². The monoisotopic (exact) mass is 540 g/mol. The van der Waals surface area contributed by atoms with Gasteiger partial charge >= 0.3 is 22.4 Å². The Morgan fingerprint density at radius 3 is 2.45 bits per heavy atom. The zero-order chi connectivity index (χ0) is 22.8. The van der Waals surface area contributed by atoms with Crippen LogP contribution in [0.5, 0.6) is 0 Å². The Labute approximate surface area is 203 Å². The van der Waals surface area contributed by atoms with Crippen LogP contribution >= 0.6 is 0 Å². The Hall–Kier alpha value is -1.94. The number of imidazole rings is 1. The molecule has 0 N–H and O–H groups in total. The van der Waals surface area contributed by atoms with Gasteiger partial charge in [0.1, 0.15) is 5.82 Å². The van der Waals surface area contributed by atoms with Gasteiger partial charge in [0.2, 0.25) is 0 Å². The number of anilines is 2. The van der Waals surface area contributed by atoms with Crippen LogP contribution in [0.2, 0.25) is 0 Å². The molecular formula is C20H23N6O2S2Tc+. The Kier molecular flexibility index (Phi) is 10.5. The number of benzene rings is 1. The molecule has 0 bridgehead atoms. The summed E-state index contributed by atoms with van der Waals surface area (Å²) in [5.74, 6) is 1.08. The summed E-state index contributed by atoms with van der Waals surface area (Å²) < 4.78 is 10.2. The molecule has 0 radical (unpaired) electrons. The van der Waals surface area contributed by atoms with Crippen LogP contribution < -0.4 is 9.80 Å². The van der Waals surface area contributed by atoms with E-state index in [1.807, 2.05) is 35.8 Å². The van der Waals surface area contributed by atoms with Gasteiger partial charge in [-0.05, 0) is 18.7 Å². The van der Waals surface area contributed by atoms with E-state index < -0.39 is 0 Å². The van der Waals surface area contributed by atoms with E-state index in [1.54, 1.807) is 6.20 Å². The van der Waals surface area contributed by atoms with Gasteiger partial charge in [-0.2, -0.15) is 5.75 Å². The number of carbonyl (C=O) groups excluding carboxylic acids is 1. The van der Waals surface area contributed by atoms with Crippen LogP contribution in [0.3, 0.4) is 0 Å². The number of nitrogens with zero attached hydrogens (tertiary/aromatic N) is 6. The molecule has 31 heavy (non-hydrogen) atoms. The zero-order valence-electron chi connectivity index (χ0n) is 17.3. The third kappa shape index (κ3) is 7.03. The van der Waals surface area contributed by atoms with Gasteiger partial charge in [0, 0.05) is 44.0 Å². The summed E-state index contributed by atoms with van der Waals surface area (Å²) >= 11 is 10.8. The third-order valence-corrected chi connectivity index (χ3v) is 4.90. The normalized spacial score (nSPS) is 10.4. The molecule has 0 aliphatic heterocycles. The molecule has 0 atom stereocenters. The average Bonchev–Trinajstić information content (AvgIpc) is 3.23. The summed E-state index contributed by atoms with van der Waals surface area (Å²) in [6, 6.07) is 8.27. The standard InChI is InChI=1S/C20H26N6OS2.O.Tc/c1-24(2)16-5-3-15(4-6-16)17-12-26-13-19(22-11-18(26)23-17)25(9-10-28)8-7-21-20(27)14-29;;/h3-6,11-13H,7-10,14H2,1-2H3,(H3,21,27,28,29);;/q;;+4/p-3. The van der Waals surface area contributed by atoms with E-state index in [2.05, 4.69) is 44.5 Å². The van der Waals surface area contributed by atoms with Crippen LogP contribution in [-0.4, -0.2) is 65.5 Å². The summed E-state index contributed by atoms with van der Waals surface area (Å²) in [6.07, 6.45) is 5.66. The Bertz CT molecular complexity index is 983. The van der Waals surface area contributed by atoms with Gasteiger partial charge in [0.25, 0.3) is 0 Å². The van der Waals surface area contributed by atoms with Gasteiger partial charge in [0.05, 0.1) is 18.1 Å². The molecule has 1 aromatic carbocycles. The molecule has 3 rings (SSSR count). The van der Waals surface area contributed by atoms with Crippen LogP contribution in [0.15, 0.2) is 42.9 Å². The predicted octanol–water partition coefficient (Wildman–Crippen LogP) is 2.14. The fourth-order valence-corrected chi connectivity index (χ4v) is 3.22. The molecule has 0 saturated carbocycles. The van der Waals surface area contributed by atoms with Gasteiger partial charge in [-0.3, -0.25) is 0 Å². The minimum absolute atomic E-state index is 0.0125. The van der Waals surface area contributed by atoms with Crippen LogP contribution in [0.1, 0.15) is 0 Å². The first-order chi connectivity index (χ1) is 15.0. The van der Waals surface area contributed by atoms with Crippen molar-refractivity contribution in [3.05, 3.63) is 48.2 Å². The summed E-state index contributed by atoms with van der Waals surface area (Å²) in [7, 11) is 4.03. The quantitative estimate of drug-likeness (QED) is 0.381. The number of hydrogen-bond acceptors (Lipinski definition) is 8. The van der Waals surface area contributed by atoms with Gasteiger partial charge in [-0.15, -0.1) is 12.3 Å². The number of aromatic nitrogens is 3. The number of fused-ring (bicyclic) bond motifs is 1. The molecule has 0 aliphatic rings. The third-order valence-electron chi connectivity index (χ3n) is 4.47. The second-order valence-electron chi connectivity index (χ2n) is 6.69. The van der Waals surface area contributed by atoms with Crippen molar-refractivity contribution < 1.29 is 27.2 Å². The van der Waals surface area contributed by atoms with Crippen molar-refractivity contribution in [3.8, 4) is 11.3 Å². The fourth-order valence-electron chi connectivity index (χ4n) is 2.91. The van der Waals surface area contributed by atoms with Gasteiger partial charge in [-0.1, -0.05) is 12.1 Å². The van der Waals surface area contributed by atoms with E-state index in [0.29, 0.717) is 25.4 Å². The molecule has 0 saturated heterocycles. The summed E-state index contributed by atoms with van der Waals surface area (Å²) in [4.78, 5) is 24.6. The molecule has 163 valence electrons. The van der Waals surface area contributed by atoms with Crippen LogP contribution in [-0.2, 0) is 52.4 Å². The molecule has 0 unspecified atom stereocenters. The first-order valence-corrected chi connectivity index (χ1v) is 11.3. The van der Waals surface area contributed by atoms with Crippen molar-refractivity contribution in [2.45, 2.75) is 0 Å². The molecule has 0 spiro atoms. The SMILES string of the molecule is CN(C)c1ccc(-c2cn3cc(N(CC[S-])CC[N-]C(=O)C[S-])ncc3n2)cc1.[O]=[Tc+4]. The Morgan fingerprint density at radius 1 is 1.13 bits per heavy atom. The van der Waals surface area contributed by atoms with Crippen LogP contribution in [0.25, 0.3) is 22.2 Å². The van der Waals surface area contributed by atoms with Crippen molar-refractivity contribution in [2.75, 3.05) is 55.0 Å². The molecule has 3 aromatic rings. The van der Waals surface area contributed by atoms with Crippen molar-refractivity contribution in [2.24, 2.45) is 0 Å². The van der Waals surface area contributed by atoms with Gasteiger partial charge in [0.15, 0.2) is 5.65 Å². The van der Waals surface area contributed by atoms with E-state index in [4.69, 9.17) is 28.8 Å². The molecular weight excluding hydrogens is 518 g/mol. The van der Waals surface area contributed by atoms with E-state index in [1.165, 1.54) is 0 Å². The number of rotatable bonds is 9. The zero-order valence-corrected chi connectivity index (χ0v) is 20.8. The van der Waals surface area contributed by atoms with Gasteiger partial charge < -0.3 is 49.6 Å². The van der Waals surface area contributed by atoms with Crippen molar-refractivity contribution in [1.29, 1.82) is 0 Å². The maximum atomic E-state index is 11.3. The Morgan fingerprint density at radius 2 is 1.84 bits per heavy atom. The van der Waals surface area contributed by atoms with E-state index in [0.717, 1.165) is 47.3 Å². The molecule has 11 heteroatoms. The van der Waals surface area contributed by atoms with Crippen molar-refractivity contribution >= 4 is 48.3 Å². The molecule has 0 fully saturated rings. The van der Waals surface area contributed by atoms with E-state index >= 15 is 0 Å². The van der Waals surface area contributed by atoms with Crippen molar-refractivity contribution in [1.82, 2.24) is 14.4 Å².